The number of alkyl halides is 3. The lowest BCUT2D eigenvalue weighted by molar-refractivity contribution is -0.265. The van der Waals surface area contributed by atoms with E-state index >= 15 is 0 Å². The summed E-state index contributed by atoms with van der Waals surface area (Å²) in [5.74, 6) is -2.44. The molecule has 2 atom stereocenters. The molecule has 1 aliphatic heterocycles. The van der Waals surface area contributed by atoms with E-state index in [4.69, 9.17) is 10.5 Å². The zero-order chi connectivity index (χ0) is 32.9. The predicted octanol–water partition coefficient (Wildman–Crippen LogP) is 4.81. The van der Waals surface area contributed by atoms with Crippen LogP contribution in [-0.4, -0.2) is 51.2 Å². The molecule has 0 bridgehead atoms. The van der Waals surface area contributed by atoms with Gasteiger partial charge in [-0.2, -0.15) is 13.2 Å². The van der Waals surface area contributed by atoms with E-state index in [9.17, 15) is 32.3 Å². The Labute approximate surface area is 259 Å². The number of hydrogen-bond acceptors (Lipinski definition) is 7. The Morgan fingerprint density at radius 1 is 1.02 bits per heavy atom. The molecule has 3 aromatic heterocycles. The highest BCUT2D eigenvalue weighted by Crippen LogP contribution is 2.47. The number of nitrogens with two attached hydrogens (primary N) is 1. The van der Waals surface area contributed by atoms with Crippen molar-refractivity contribution in [2.45, 2.75) is 24.1 Å². The number of halogens is 4. The standard InChI is InChI=1S/C33H25F4N5O4/c1-31(30(38)44)17-46-28-23(31)15-25(42-27(28)18-7-9-21(34)10-8-18)32(45,33(35,36)37)16-41-29(43)20-13-19-5-4-12-40-26(19)22(14-20)24-6-2-3-11-39-24/h2-15,45H,16-17H2,1H3,(H2,38,44)(H,41,43)/t31-,32-/m0/s1. The van der Waals surface area contributed by atoms with Crippen molar-refractivity contribution in [2.24, 2.45) is 5.73 Å². The molecular formula is C33H25F4N5O4. The summed E-state index contributed by atoms with van der Waals surface area (Å²) in [6.45, 7) is -0.253. The molecule has 0 aliphatic carbocycles. The first-order valence-corrected chi connectivity index (χ1v) is 13.9. The van der Waals surface area contributed by atoms with Crippen molar-refractivity contribution < 1.29 is 37.0 Å². The van der Waals surface area contributed by atoms with E-state index in [1.165, 1.54) is 31.2 Å². The van der Waals surface area contributed by atoms with Crippen molar-refractivity contribution in [2.75, 3.05) is 13.2 Å². The van der Waals surface area contributed by atoms with Gasteiger partial charge in [0.1, 0.15) is 29.3 Å². The van der Waals surface area contributed by atoms with Crippen LogP contribution in [0.3, 0.4) is 0 Å². The minimum atomic E-state index is -5.36. The molecule has 4 N–H and O–H groups in total. The maximum atomic E-state index is 14.8. The molecule has 1 aliphatic rings. The lowest BCUT2D eigenvalue weighted by atomic mass is 9.81. The van der Waals surface area contributed by atoms with Gasteiger partial charge < -0.3 is 20.9 Å². The van der Waals surface area contributed by atoms with Crippen molar-refractivity contribution in [1.82, 2.24) is 20.3 Å². The molecule has 0 spiro atoms. The summed E-state index contributed by atoms with van der Waals surface area (Å²) >= 11 is 0. The topological polar surface area (TPSA) is 140 Å². The smallest absolute Gasteiger partial charge is 0.424 e. The Balaban J connectivity index is 1.42. The third-order valence-electron chi connectivity index (χ3n) is 8.04. The van der Waals surface area contributed by atoms with E-state index in [1.807, 2.05) is 0 Å². The van der Waals surface area contributed by atoms with E-state index in [2.05, 4.69) is 20.3 Å². The number of pyridine rings is 3. The Kier molecular flexibility index (Phi) is 7.43. The largest absolute Gasteiger partial charge is 0.489 e. The maximum Gasteiger partial charge on any atom is 0.424 e. The SMILES string of the molecule is C[C@]1(C(N)=O)COc2c1cc([C@@](O)(CNC(=O)c1cc(-c3ccccn3)c3ncccc3c1)C(F)(F)F)nc2-c1ccc(F)cc1. The summed E-state index contributed by atoms with van der Waals surface area (Å²) in [5, 5.41) is 14.1. The lowest BCUT2D eigenvalue weighted by Gasteiger charge is -2.31. The molecule has 4 heterocycles. The van der Waals surface area contributed by atoms with Gasteiger partial charge in [-0.25, -0.2) is 9.37 Å². The maximum absolute atomic E-state index is 14.8. The number of aliphatic hydroxyl groups is 1. The van der Waals surface area contributed by atoms with Gasteiger partial charge in [0.15, 0.2) is 0 Å². The zero-order valence-corrected chi connectivity index (χ0v) is 24.1. The summed E-state index contributed by atoms with van der Waals surface area (Å²) in [5.41, 5.74) is 0.818. The summed E-state index contributed by atoms with van der Waals surface area (Å²) in [7, 11) is 0. The lowest BCUT2D eigenvalue weighted by Crippen LogP contribution is -2.51. The predicted molar refractivity (Wildman–Crippen MR) is 159 cm³/mol. The second-order valence-corrected chi connectivity index (χ2v) is 11.1. The number of ether oxygens (including phenoxy) is 1. The fourth-order valence-electron chi connectivity index (χ4n) is 5.29. The molecule has 0 radical (unpaired) electrons. The van der Waals surface area contributed by atoms with Crippen LogP contribution in [0.25, 0.3) is 33.4 Å². The number of benzene rings is 2. The fraction of sp³-hybridized carbons (Fsp3) is 0.182. The highest BCUT2D eigenvalue weighted by atomic mass is 19.4. The first kappa shape index (κ1) is 30.6. The molecule has 46 heavy (non-hydrogen) atoms. The number of nitrogens with one attached hydrogen (secondary N) is 1. The Hall–Kier alpha value is -5.43. The average molecular weight is 632 g/mol. The van der Waals surface area contributed by atoms with Crippen LogP contribution in [-0.2, 0) is 15.8 Å². The van der Waals surface area contributed by atoms with Crippen LogP contribution in [0.1, 0.15) is 28.5 Å². The van der Waals surface area contributed by atoms with Gasteiger partial charge in [0.25, 0.3) is 5.91 Å². The molecule has 0 unspecified atom stereocenters. The second kappa shape index (κ2) is 11.2. The van der Waals surface area contributed by atoms with Crippen molar-refractivity contribution in [3.8, 4) is 28.3 Å². The molecule has 0 fully saturated rings. The Morgan fingerprint density at radius 2 is 1.76 bits per heavy atom. The Morgan fingerprint density at radius 3 is 2.43 bits per heavy atom. The third-order valence-corrected chi connectivity index (χ3v) is 8.04. The van der Waals surface area contributed by atoms with E-state index < -0.39 is 47.1 Å². The van der Waals surface area contributed by atoms with Crippen LogP contribution < -0.4 is 15.8 Å². The molecule has 0 saturated carbocycles. The normalized spacial score (nSPS) is 17.2. The van der Waals surface area contributed by atoms with Gasteiger partial charge in [-0.15, -0.1) is 0 Å². The number of primary amides is 1. The van der Waals surface area contributed by atoms with Crippen LogP contribution in [0.4, 0.5) is 17.6 Å². The second-order valence-electron chi connectivity index (χ2n) is 11.1. The van der Waals surface area contributed by atoms with Crippen LogP contribution in [0, 0.1) is 5.82 Å². The molecule has 234 valence electrons. The van der Waals surface area contributed by atoms with Gasteiger partial charge in [-0.05, 0) is 67.6 Å². The van der Waals surface area contributed by atoms with E-state index in [-0.39, 0.29) is 34.7 Å². The highest BCUT2D eigenvalue weighted by molar-refractivity contribution is 6.03. The van der Waals surface area contributed by atoms with Gasteiger partial charge in [0, 0.05) is 40.0 Å². The minimum absolute atomic E-state index is 0.00528. The van der Waals surface area contributed by atoms with Gasteiger partial charge in [0.2, 0.25) is 11.5 Å². The number of hydrogen-bond donors (Lipinski definition) is 3. The molecule has 2 amide bonds. The fourth-order valence-corrected chi connectivity index (χ4v) is 5.29. The molecule has 0 saturated heterocycles. The van der Waals surface area contributed by atoms with Crippen molar-refractivity contribution in [1.29, 1.82) is 0 Å². The zero-order valence-electron chi connectivity index (χ0n) is 24.1. The average Bonchev–Trinajstić information content (AvgIpc) is 3.40. The number of fused-ring (bicyclic) bond motifs is 2. The first-order chi connectivity index (χ1) is 21.8. The van der Waals surface area contributed by atoms with Gasteiger partial charge in [-0.1, -0.05) is 12.1 Å². The van der Waals surface area contributed by atoms with Gasteiger partial charge in [-0.3, -0.25) is 19.6 Å². The Bertz CT molecular complexity index is 1990. The molecule has 9 nitrogen and oxygen atoms in total. The van der Waals surface area contributed by atoms with Gasteiger partial charge in [0.05, 0.1) is 23.4 Å². The van der Waals surface area contributed by atoms with Crippen LogP contribution in [0.2, 0.25) is 0 Å². The molecule has 13 heteroatoms. The number of amides is 2. The van der Waals surface area contributed by atoms with E-state index in [0.29, 0.717) is 22.2 Å². The molecular weight excluding hydrogens is 606 g/mol. The number of rotatable bonds is 7. The summed E-state index contributed by atoms with van der Waals surface area (Å²) in [4.78, 5) is 38.7. The van der Waals surface area contributed by atoms with E-state index in [1.54, 1.807) is 42.7 Å². The highest BCUT2D eigenvalue weighted by Gasteiger charge is 2.57. The summed E-state index contributed by atoms with van der Waals surface area (Å²) in [6.07, 6.45) is -2.25. The first-order valence-electron chi connectivity index (χ1n) is 13.9. The quantitative estimate of drug-likeness (QED) is 0.219. The summed E-state index contributed by atoms with van der Waals surface area (Å²) in [6, 6.07) is 17.0. The molecule has 5 aromatic rings. The van der Waals surface area contributed by atoms with Crippen LogP contribution >= 0.6 is 0 Å². The van der Waals surface area contributed by atoms with Crippen LogP contribution in [0.5, 0.6) is 5.75 Å². The van der Waals surface area contributed by atoms with E-state index in [0.717, 1.165) is 18.2 Å². The number of aromatic nitrogens is 3. The molecule has 6 rings (SSSR count). The number of nitrogens with zero attached hydrogens (tertiary/aromatic N) is 3. The monoisotopic (exact) mass is 631 g/mol. The number of carbonyl (C=O) groups is 2. The third kappa shape index (κ3) is 5.17. The van der Waals surface area contributed by atoms with Crippen molar-refractivity contribution in [3.05, 3.63) is 108 Å². The van der Waals surface area contributed by atoms with Crippen molar-refractivity contribution >= 4 is 22.7 Å². The minimum Gasteiger partial charge on any atom is -0.489 e. The summed E-state index contributed by atoms with van der Waals surface area (Å²) < 4.78 is 63.8. The van der Waals surface area contributed by atoms with Crippen molar-refractivity contribution in [3.63, 3.8) is 0 Å². The molecule has 2 aromatic carbocycles. The van der Waals surface area contributed by atoms with Crippen LogP contribution in [0.15, 0.2) is 85.2 Å². The number of carbonyl (C=O) groups excluding carboxylic acids is 2. The van der Waals surface area contributed by atoms with Gasteiger partial charge >= 0.3 is 6.18 Å².